The van der Waals surface area contributed by atoms with E-state index in [1.807, 2.05) is 63.2 Å². The maximum Gasteiger partial charge on any atom is 0.326 e. The Labute approximate surface area is 334 Å². The molecule has 3 heterocycles. The normalized spacial score (nSPS) is 14.7. The molecule has 302 valence electrons. The fourth-order valence-electron chi connectivity index (χ4n) is 7.96. The lowest BCUT2D eigenvalue weighted by atomic mass is 9.95. The zero-order valence-corrected chi connectivity index (χ0v) is 33.8. The molecule has 12 nitrogen and oxygen atoms in total. The molecule has 2 aliphatic rings. The lowest BCUT2D eigenvalue weighted by molar-refractivity contribution is -0.144. The third kappa shape index (κ3) is 9.34. The second-order valence-corrected chi connectivity index (χ2v) is 15.3. The van der Waals surface area contributed by atoms with E-state index in [1.165, 1.54) is 4.90 Å². The number of nitrogens with zero attached hydrogens (tertiary/aromatic N) is 2. The number of H-pyrrole nitrogens is 1. The molecule has 0 aliphatic carbocycles. The van der Waals surface area contributed by atoms with Gasteiger partial charge in [0.15, 0.2) is 0 Å². The van der Waals surface area contributed by atoms with E-state index in [9.17, 15) is 24.3 Å². The number of hydrogen-bond acceptors (Lipinski definition) is 8. The van der Waals surface area contributed by atoms with Crippen molar-refractivity contribution in [2.75, 3.05) is 37.9 Å². The number of benzene rings is 3. The van der Waals surface area contributed by atoms with E-state index in [4.69, 9.17) is 14.2 Å². The first-order valence-corrected chi connectivity index (χ1v) is 19.9. The highest BCUT2D eigenvalue weighted by Crippen LogP contribution is 2.35. The molecule has 3 aromatic carbocycles. The van der Waals surface area contributed by atoms with Gasteiger partial charge in [-0.3, -0.25) is 14.4 Å². The maximum atomic E-state index is 13.9. The van der Waals surface area contributed by atoms with Gasteiger partial charge in [-0.15, -0.1) is 0 Å². The average molecular weight is 779 g/mol. The molecule has 1 atom stereocenters. The summed E-state index contributed by atoms with van der Waals surface area (Å²) in [6, 6.07) is 18.5. The van der Waals surface area contributed by atoms with Gasteiger partial charge in [0.25, 0.3) is 17.4 Å². The summed E-state index contributed by atoms with van der Waals surface area (Å²) in [6.07, 6.45) is 2.41. The SMILES string of the molecule is CCN(c1cc(-c2ccc(OCCCOc3ccc4c(c3)C(=O)N(C(C(=O)O)C(C)C)C4)cc2)cc(C(=O)NCc2c(C)cc(C)[nH]c2=O)c1C)C1CCOCC1. The summed E-state index contributed by atoms with van der Waals surface area (Å²) in [5.74, 6) is -0.522. The van der Waals surface area contributed by atoms with Crippen LogP contribution in [-0.2, 0) is 22.6 Å². The van der Waals surface area contributed by atoms with Crippen molar-refractivity contribution in [3.8, 4) is 22.6 Å². The molecule has 0 bridgehead atoms. The molecule has 2 amide bonds. The van der Waals surface area contributed by atoms with Crippen molar-refractivity contribution in [3.05, 3.63) is 110 Å². The van der Waals surface area contributed by atoms with Gasteiger partial charge in [-0.2, -0.15) is 0 Å². The van der Waals surface area contributed by atoms with E-state index in [0.717, 1.165) is 58.6 Å². The van der Waals surface area contributed by atoms with E-state index in [2.05, 4.69) is 28.2 Å². The molecule has 4 aromatic rings. The fraction of sp³-hybridized carbons (Fsp3) is 0.422. The minimum Gasteiger partial charge on any atom is -0.493 e. The zero-order valence-electron chi connectivity index (χ0n) is 33.8. The molecule has 2 aliphatic heterocycles. The predicted octanol–water partition coefficient (Wildman–Crippen LogP) is 6.82. The predicted molar refractivity (Wildman–Crippen MR) is 219 cm³/mol. The van der Waals surface area contributed by atoms with Crippen LogP contribution < -0.4 is 25.2 Å². The number of rotatable bonds is 16. The van der Waals surface area contributed by atoms with Crippen LogP contribution in [0.5, 0.6) is 11.5 Å². The number of carboxylic acids is 1. The van der Waals surface area contributed by atoms with Crippen LogP contribution in [0, 0.1) is 26.7 Å². The number of carbonyl (C=O) groups excluding carboxylic acids is 2. The van der Waals surface area contributed by atoms with E-state index in [0.29, 0.717) is 67.1 Å². The summed E-state index contributed by atoms with van der Waals surface area (Å²) in [5, 5.41) is 12.7. The molecule has 57 heavy (non-hydrogen) atoms. The maximum absolute atomic E-state index is 13.9. The van der Waals surface area contributed by atoms with Gasteiger partial charge in [0.2, 0.25) is 0 Å². The second-order valence-electron chi connectivity index (χ2n) is 15.3. The number of hydrogen-bond donors (Lipinski definition) is 3. The standard InChI is InChI=1S/C45H54N4O8/c1-7-48(34-15-19-55-20-16-34)40-23-33(22-37(30(40)6)42(50)46-25-39-28(4)21-29(5)47-43(39)51)31-9-12-35(13-10-31)56-17-8-18-57-36-14-11-32-26-49(44(52)38(32)24-36)41(27(2)3)45(53)54/h9-14,21-24,27,34,41H,7-8,15-20,25-26H2,1-6H3,(H,46,50)(H,47,51)(H,53,54). The van der Waals surface area contributed by atoms with Crippen LogP contribution in [-0.4, -0.2) is 77.8 Å². The summed E-state index contributed by atoms with van der Waals surface area (Å²) < 4.78 is 17.6. The third-order valence-corrected chi connectivity index (χ3v) is 11.0. The molecule has 0 spiro atoms. The number of aromatic nitrogens is 1. The smallest absolute Gasteiger partial charge is 0.326 e. The summed E-state index contributed by atoms with van der Waals surface area (Å²) in [6.45, 7) is 14.8. The Morgan fingerprint density at radius 3 is 2.28 bits per heavy atom. The number of anilines is 1. The van der Waals surface area contributed by atoms with Crippen LogP contribution in [0.3, 0.4) is 0 Å². The van der Waals surface area contributed by atoms with Crippen LogP contribution in [0.25, 0.3) is 11.1 Å². The van der Waals surface area contributed by atoms with E-state index < -0.39 is 12.0 Å². The molecule has 3 N–H and O–H groups in total. The number of aliphatic carboxylic acids is 1. The number of carboxylic acid groups (broad SMARTS) is 1. The average Bonchev–Trinajstić information content (AvgIpc) is 3.49. The van der Waals surface area contributed by atoms with Crippen LogP contribution >= 0.6 is 0 Å². The number of aromatic amines is 1. The Kier molecular flexibility index (Phi) is 13.0. The lowest BCUT2D eigenvalue weighted by Crippen LogP contribution is -2.44. The van der Waals surface area contributed by atoms with Gasteiger partial charge in [-0.25, -0.2) is 4.79 Å². The molecule has 6 rings (SSSR count). The Morgan fingerprint density at radius 1 is 0.947 bits per heavy atom. The molecule has 1 fully saturated rings. The van der Waals surface area contributed by atoms with Crippen molar-refractivity contribution in [2.24, 2.45) is 5.92 Å². The van der Waals surface area contributed by atoms with Crippen molar-refractivity contribution in [3.63, 3.8) is 0 Å². The van der Waals surface area contributed by atoms with Gasteiger partial charge in [-0.05, 0) is 117 Å². The second kappa shape index (κ2) is 18.1. The van der Waals surface area contributed by atoms with E-state index in [-0.39, 0.29) is 36.4 Å². The van der Waals surface area contributed by atoms with Gasteiger partial charge < -0.3 is 39.4 Å². The summed E-state index contributed by atoms with van der Waals surface area (Å²) in [5.41, 5.74) is 7.48. The molecule has 0 saturated carbocycles. The Hall–Kier alpha value is -5.62. The number of ether oxygens (including phenoxy) is 3. The van der Waals surface area contributed by atoms with Gasteiger partial charge >= 0.3 is 5.97 Å². The molecular weight excluding hydrogens is 725 g/mol. The third-order valence-electron chi connectivity index (χ3n) is 11.0. The highest BCUT2D eigenvalue weighted by Gasteiger charge is 2.38. The van der Waals surface area contributed by atoms with Gasteiger partial charge in [0.1, 0.15) is 17.5 Å². The number of aryl methyl sites for hydroxylation is 2. The minimum absolute atomic E-state index is 0.118. The molecule has 0 radical (unpaired) electrons. The summed E-state index contributed by atoms with van der Waals surface area (Å²) >= 11 is 0. The van der Waals surface area contributed by atoms with E-state index in [1.54, 1.807) is 26.0 Å². The summed E-state index contributed by atoms with van der Waals surface area (Å²) in [4.78, 5) is 58.1. The zero-order chi connectivity index (χ0) is 40.8. The highest BCUT2D eigenvalue weighted by atomic mass is 16.5. The van der Waals surface area contributed by atoms with Crippen LogP contribution in [0.2, 0.25) is 0 Å². The van der Waals surface area contributed by atoms with Gasteiger partial charge in [0.05, 0.1) is 13.2 Å². The Morgan fingerprint density at radius 2 is 1.63 bits per heavy atom. The first-order chi connectivity index (χ1) is 27.4. The quantitative estimate of drug-likeness (QED) is 0.104. The van der Waals surface area contributed by atoms with Crippen molar-refractivity contribution in [1.82, 2.24) is 15.2 Å². The first-order valence-electron chi connectivity index (χ1n) is 19.9. The van der Waals surface area contributed by atoms with Crippen molar-refractivity contribution < 1.29 is 33.7 Å². The molecule has 12 heteroatoms. The lowest BCUT2D eigenvalue weighted by Gasteiger charge is -2.37. The van der Waals surface area contributed by atoms with E-state index >= 15 is 0 Å². The van der Waals surface area contributed by atoms with Crippen LogP contribution in [0.15, 0.2) is 65.5 Å². The van der Waals surface area contributed by atoms with Gasteiger partial charge in [0, 0.05) is 73.4 Å². The summed E-state index contributed by atoms with van der Waals surface area (Å²) in [7, 11) is 0. The van der Waals surface area contributed by atoms with Crippen LogP contribution in [0.4, 0.5) is 5.69 Å². The largest absolute Gasteiger partial charge is 0.493 e. The molecular formula is C45H54N4O8. The number of carbonyl (C=O) groups is 3. The monoisotopic (exact) mass is 778 g/mol. The number of fused-ring (bicyclic) bond motifs is 1. The molecule has 1 aromatic heterocycles. The van der Waals surface area contributed by atoms with Gasteiger partial charge in [-0.1, -0.05) is 32.0 Å². The Bertz CT molecular complexity index is 2160. The highest BCUT2D eigenvalue weighted by molar-refractivity contribution is 6.01. The minimum atomic E-state index is -1.01. The molecule has 1 saturated heterocycles. The van der Waals surface area contributed by atoms with Crippen molar-refractivity contribution in [1.29, 1.82) is 0 Å². The number of pyridine rings is 1. The van der Waals surface area contributed by atoms with Crippen LogP contribution in [0.1, 0.15) is 88.7 Å². The fourth-order valence-corrected chi connectivity index (χ4v) is 7.96. The number of amides is 2. The van der Waals surface area contributed by atoms with Crippen molar-refractivity contribution >= 4 is 23.5 Å². The molecule has 1 unspecified atom stereocenters. The first kappa shape index (κ1) is 41.0. The number of nitrogens with one attached hydrogen (secondary N) is 2. The topological polar surface area (TPSA) is 150 Å². The Balaban J connectivity index is 1.11. The van der Waals surface area contributed by atoms with Crippen molar-refractivity contribution in [2.45, 2.75) is 86.0 Å².